The lowest BCUT2D eigenvalue weighted by atomic mass is 10.5. The highest BCUT2D eigenvalue weighted by Crippen LogP contribution is 1.91. The van der Waals surface area contributed by atoms with Gasteiger partial charge in [-0.3, -0.25) is 4.78 Å². The SMILES string of the molecule is N=S1C=CC=CC=N1. The highest BCUT2D eigenvalue weighted by molar-refractivity contribution is 7.87. The average molecular weight is 126 g/mol. The van der Waals surface area contributed by atoms with Crippen molar-refractivity contribution in [1.82, 2.24) is 0 Å². The van der Waals surface area contributed by atoms with Gasteiger partial charge in [0.2, 0.25) is 0 Å². The first-order valence-corrected chi connectivity index (χ1v) is 3.46. The van der Waals surface area contributed by atoms with E-state index in [9.17, 15) is 0 Å². The molecule has 1 N–H and O–H groups in total. The van der Waals surface area contributed by atoms with Crippen LogP contribution in [0.1, 0.15) is 0 Å². The molecule has 8 heavy (non-hydrogen) atoms. The van der Waals surface area contributed by atoms with Gasteiger partial charge in [0.25, 0.3) is 0 Å². The Bertz CT molecular complexity index is 161. The Labute approximate surface area is 50.7 Å². The second-order valence-corrected chi connectivity index (χ2v) is 2.39. The Morgan fingerprint density at radius 2 is 2.12 bits per heavy atom. The van der Waals surface area contributed by atoms with Gasteiger partial charge in [-0.25, -0.2) is 4.40 Å². The Balaban J connectivity index is 2.81. The summed E-state index contributed by atoms with van der Waals surface area (Å²) in [6.45, 7) is 0. The monoisotopic (exact) mass is 126 g/mol. The van der Waals surface area contributed by atoms with E-state index in [-0.39, 0.29) is 0 Å². The number of hydrogen-bond acceptors (Lipinski definition) is 1. The number of hydrogen-bond donors (Lipinski definition) is 1. The standard InChI is InChI=1S/C5H6N2S/c6-8-5-3-1-2-4-7-8/h1-6H. The van der Waals surface area contributed by atoms with Gasteiger partial charge in [0.15, 0.2) is 0 Å². The van der Waals surface area contributed by atoms with Gasteiger partial charge in [-0.15, -0.1) is 0 Å². The minimum atomic E-state index is -0.631. The molecular weight excluding hydrogens is 120 g/mol. The summed E-state index contributed by atoms with van der Waals surface area (Å²) in [6.07, 6.45) is 7.17. The van der Waals surface area contributed by atoms with E-state index < -0.39 is 10.9 Å². The van der Waals surface area contributed by atoms with Crippen LogP contribution in [0.4, 0.5) is 0 Å². The first-order chi connectivity index (χ1) is 3.89. The van der Waals surface area contributed by atoms with E-state index in [2.05, 4.69) is 4.40 Å². The number of allylic oxidation sites excluding steroid dienone is 3. The van der Waals surface area contributed by atoms with Crippen molar-refractivity contribution >= 4 is 17.1 Å². The van der Waals surface area contributed by atoms with Gasteiger partial charge >= 0.3 is 0 Å². The summed E-state index contributed by atoms with van der Waals surface area (Å²) in [5.41, 5.74) is 0. The molecule has 0 saturated carbocycles. The number of nitrogens with zero attached hydrogens (tertiary/aromatic N) is 1. The van der Waals surface area contributed by atoms with E-state index in [4.69, 9.17) is 4.78 Å². The molecule has 0 aromatic rings. The molecule has 0 spiro atoms. The van der Waals surface area contributed by atoms with E-state index >= 15 is 0 Å². The van der Waals surface area contributed by atoms with Crippen LogP contribution in [0.3, 0.4) is 0 Å². The second kappa shape index (κ2) is 2.57. The molecule has 0 radical (unpaired) electrons. The van der Waals surface area contributed by atoms with Crippen molar-refractivity contribution in [3.05, 3.63) is 23.6 Å². The molecule has 0 bridgehead atoms. The summed E-state index contributed by atoms with van der Waals surface area (Å²) >= 11 is 0. The third-order valence-corrected chi connectivity index (χ3v) is 1.45. The maximum atomic E-state index is 7.12. The average Bonchev–Trinajstić information content (AvgIpc) is 1.94. The maximum Gasteiger partial charge on any atom is 0.0367 e. The molecule has 1 aliphatic heterocycles. The third-order valence-electron chi connectivity index (χ3n) is 0.690. The lowest BCUT2D eigenvalue weighted by Gasteiger charge is -1.80. The lowest BCUT2D eigenvalue weighted by molar-refractivity contribution is 1.62. The quantitative estimate of drug-likeness (QED) is 0.510. The Kier molecular flexibility index (Phi) is 1.75. The molecule has 1 atom stereocenters. The van der Waals surface area contributed by atoms with Crippen LogP contribution >= 0.6 is 0 Å². The Hall–Kier alpha value is -0.700. The minimum Gasteiger partial charge on any atom is -0.255 e. The van der Waals surface area contributed by atoms with Crippen LogP contribution in [-0.2, 0) is 10.9 Å². The van der Waals surface area contributed by atoms with E-state index in [1.807, 2.05) is 18.2 Å². The summed E-state index contributed by atoms with van der Waals surface area (Å²) in [7, 11) is -0.631. The fourth-order valence-electron chi connectivity index (χ4n) is 0.369. The first-order valence-electron chi connectivity index (χ1n) is 2.21. The fraction of sp³-hybridized carbons (Fsp3) is 0. The molecular formula is C5H6N2S. The van der Waals surface area contributed by atoms with Crippen molar-refractivity contribution in [3.63, 3.8) is 0 Å². The van der Waals surface area contributed by atoms with Crippen LogP contribution in [0.25, 0.3) is 0 Å². The van der Waals surface area contributed by atoms with E-state index in [1.54, 1.807) is 11.6 Å². The van der Waals surface area contributed by atoms with Crippen molar-refractivity contribution in [2.45, 2.75) is 0 Å². The molecule has 1 aliphatic rings. The van der Waals surface area contributed by atoms with Gasteiger partial charge in [-0.1, -0.05) is 12.2 Å². The van der Waals surface area contributed by atoms with Crippen LogP contribution in [0, 0.1) is 4.78 Å². The fourth-order valence-corrected chi connectivity index (χ4v) is 0.881. The van der Waals surface area contributed by atoms with Gasteiger partial charge in [0.1, 0.15) is 0 Å². The molecule has 42 valence electrons. The predicted octanol–water partition coefficient (Wildman–Crippen LogP) is 1.44. The maximum absolute atomic E-state index is 7.12. The lowest BCUT2D eigenvalue weighted by Crippen LogP contribution is -1.69. The van der Waals surface area contributed by atoms with Crippen LogP contribution in [0.2, 0.25) is 0 Å². The molecule has 1 heterocycles. The zero-order chi connectivity index (χ0) is 5.82. The summed E-state index contributed by atoms with van der Waals surface area (Å²) < 4.78 is 10.9. The van der Waals surface area contributed by atoms with Gasteiger partial charge in [0, 0.05) is 22.5 Å². The predicted molar refractivity (Wildman–Crippen MR) is 36.9 cm³/mol. The van der Waals surface area contributed by atoms with Crippen molar-refractivity contribution in [1.29, 1.82) is 4.78 Å². The molecule has 0 saturated heterocycles. The van der Waals surface area contributed by atoms with Crippen molar-refractivity contribution < 1.29 is 0 Å². The van der Waals surface area contributed by atoms with Gasteiger partial charge in [-0.05, 0) is 6.08 Å². The smallest absolute Gasteiger partial charge is 0.0367 e. The van der Waals surface area contributed by atoms with Crippen LogP contribution in [0.15, 0.2) is 28.0 Å². The Morgan fingerprint density at radius 1 is 1.25 bits per heavy atom. The molecule has 1 unspecified atom stereocenters. The largest absolute Gasteiger partial charge is 0.255 e. The molecule has 0 aromatic heterocycles. The molecule has 0 amide bonds. The molecule has 3 heteroatoms. The second-order valence-electron chi connectivity index (χ2n) is 1.28. The van der Waals surface area contributed by atoms with Crippen molar-refractivity contribution in [2.75, 3.05) is 0 Å². The molecule has 0 aliphatic carbocycles. The molecule has 0 aromatic carbocycles. The molecule has 2 nitrogen and oxygen atoms in total. The van der Waals surface area contributed by atoms with Crippen LogP contribution < -0.4 is 0 Å². The normalized spacial score (nSPS) is 25.8. The highest BCUT2D eigenvalue weighted by atomic mass is 32.2. The van der Waals surface area contributed by atoms with E-state index in [1.165, 1.54) is 0 Å². The number of rotatable bonds is 0. The highest BCUT2D eigenvalue weighted by Gasteiger charge is 1.79. The van der Waals surface area contributed by atoms with Crippen molar-refractivity contribution in [2.24, 2.45) is 4.40 Å². The van der Waals surface area contributed by atoms with Crippen LogP contribution in [-0.4, -0.2) is 6.21 Å². The van der Waals surface area contributed by atoms with Gasteiger partial charge in [0.05, 0.1) is 0 Å². The van der Waals surface area contributed by atoms with Crippen LogP contribution in [0.5, 0.6) is 0 Å². The third kappa shape index (κ3) is 1.42. The molecule has 1 rings (SSSR count). The summed E-state index contributed by atoms with van der Waals surface area (Å²) in [4.78, 5) is 0. The Morgan fingerprint density at radius 3 is 3.00 bits per heavy atom. The van der Waals surface area contributed by atoms with E-state index in [0.29, 0.717) is 0 Å². The number of nitrogens with one attached hydrogen (secondary N) is 1. The summed E-state index contributed by atoms with van der Waals surface area (Å²) in [5, 5.41) is 1.75. The topological polar surface area (TPSA) is 36.2 Å². The zero-order valence-corrected chi connectivity index (χ0v) is 5.06. The zero-order valence-electron chi connectivity index (χ0n) is 4.24. The van der Waals surface area contributed by atoms with Crippen molar-refractivity contribution in [3.8, 4) is 0 Å². The molecule has 0 fully saturated rings. The summed E-state index contributed by atoms with van der Waals surface area (Å²) in [6, 6.07) is 0. The van der Waals surface area contributed by atoms with Gasteiger partial charge < -0.3 is 0 Å². The summed E-state index contributed by atoms with van der Waals surface area (Å²) in [5.74, 6) is 0. The van der Waals surface area contributed by atoms with Gasteiger partial charge in [-0.2, -0.15) is 0 Å². The first kappa shape index (κ1) is 5.44. The van der Waals surface area contributed by atoms with E-state index in [0.717, 1.165) is 0 Å². The minimum absolute atomic E-state index is 0.631.